The van der Waals surface area contributed by atoms with Crippen LogP contribution in [-0.2, 0) is 12.0 Å². The maximum atomic E-state index is 14.0. The van der Waals surface area contributed by atoms with Crippen molar-refractivity contribution in [2.24, 2.45) is 0 Å². The number of para-hydroxylation sites is 2. The molecule has 2 saturated heterocycles. The minimum absolute atomic E-state index is 0.0816. The second kappa shape index (κ2) is 15.1. The van der Waals surface area contributed by atoms with Gasteiger partial charge >= 0.3 is 0 Å². The lowest BCUT2D eigenvalue weighted by Gasteiger charge is -2.36. The number of fused-ring (bicyclic) bond motifs is 1. The highest BCUT2D eigenvalue weighted by molar-refractivity contribution is 6.42. The Morgan fingerprint density at radius 2 is 1.73 bits per heavy atom. The first-order valence-corrected chi connectivity index (χ1v) is 18.1. The van der Waals surface area contributed by atoms with E-state index >= 15 is 0 Å². The fourth-order valence-corrected chi connectivity index (χ4v) is 7.91. The van der Waals surface area contributed by atoms with E-state index in [-0.39, 0.29) is 11.3 Å². The van der Waals surface area contributed by atoms with Gasteiger partial charge < -0.3 is 38.3 Å². The van der Waals surface area contributed by atoms with Crippen molar-refractivity contribution in [3.63, 3.8) is 0 Å². The summed E-state index contributed by atoms with van der Waals surface area (Å²) in [5, 5.41) is 4.81. The highest BCUT2D eigenvalue weighted by atomic mass is 35.5. The van der Waals surface area contributed by atoms with Crippen molar-refractivity contribution in [3.8, 4) is 17.2 Å². The molecule has 1 amide bonds. The van der Waals surface area contributed by atoms with E-state index in [1.54, 1.807) is 46.0 Å². The summed E-state index contributed by atoms with van der Waals surface area (Å²) >= 11 is 12.9. The predicted molar refractivity (Wildman–Crippen MR) is 200 cm³/mol. The summed E-state index contributed by atoms with van der Waals surface area (Å²) in [6.45, 7) is 4.69. The number of nitrogens with one attached hydrogen (secondary N) is 1. The number of hydrogen-bond donors (Lipinski definition) is 1. The largest absolute Gasteiger partial charge is 0.493 e. The molecular weight excluding hydrogens is 689 g/mol. The van der Waals surface area contributed by atoms with Gasteiger partial charge in [0.1, 0.15) is 0 Å². The molecule has 1 atom stereocenters. The van der Waals surface area contributed by atoms with Gasteiger partial charge in [-0.3, -0.25) is 4.79 Å². The Balaban J connectivity index is 1.04. The topological polar surface area (TPSA) is 94.2 Å². The maximum Gasteiger partial charge on any atom is 0.254 e. The summed E-state index contributed by atoms with van der Waals surface area (Å²) < 4.78 is 24.1. The average molecular weight is 733 g/mol. The van der Waals surface area contributed by atoms with Crippen LogP contribution in [0.1, 0.15) is 47.2 Å². The zero-order valence-electron chi connectivity index (χ0n) is 29.2. The van der Waals surface area contributed by atoms with Crippen molar-refractivity contribution in [3.05, 3.63) is 99.9 Å². The van der Waals surface area contributed by atoms with Crippen molar-refractivity contribution in [2.75, 3.05) is 59.4 Å². The minimum atomic E-state index is -0.280. The number of piperidine rings is 1. The van der Waals surface area contributed by atoms with Gasteiger partial charge in [0.15, 0.2) is 11.5 Å². The molecule has 0 aliphatic carbocycles. The number of methoxy groups -OCH3 is 3. The molecule has 1 N–H and O–H groups in total. The highest BCUT2D eigenvalue weighted by Crippen LogP contribution is 2.43. The summed E-state index contributed by atoms with van der Waals surface area (Å²) in [7, 11) is 4.65. The van der Waals surface area contributed by atoms with Crippen molar-refractivity contribution < 1.29 is 23.4 Å². The zero-order valence-corrected chi connectivity index (χ0v) is 30.7. The van der Waals surface area contributed by atoms with Crippen LogP contribution in [0.5, 0.6) is 17.2 Å². The van der Waals surface area contributed by atoms with Crippen LogP contribution in [0.15, 0.2) is 77.6 Å². The maximum absolute atomic E-state index is 14.0. The first-order valence-electron chi connectivity index (χ1n) is 17.3. The Morgan fingerprint density at radius 1 is 0.961 bits per heavy atom. The number of halogens is 2. The third-order valence-electron chi connectivity index (χ3n) is 10.5. The van der Waals surface area contributed by atoms with Gasteiger partial charge in [-0.05, 0) is 80.3 Å². The molecule has 2 fully saturated rings. The summed E-state index contributed by atoms with van der Waals surface area (Å²) in [4.78, 5) is 23.4. The van der Waals surface area contributed by atoms with Crippen LogP contribution >= 0.6 is 23.2 Å². The summed E-state index contributed by atoms with van der Waals surface area (Å²) in [5.41, 5.74) is 4.48. The van der Waals surface area contributed by atoms with Crippen molar-refractivity contribution >= 4 is 46.1 Å². The van der Waals surface area contributed by atoms with Gasteiger partial charge in [0.2, 0.25) is 11.7 Å². The molecule has 0 bridgehead atoms. The number of anilines is 1. The van der Waals surface area contributed by atoms with Crippen LogP contribution in [0.25, 0.3) is 11.0 Å². The number of nitrogens with zero attached hydrogens (tertiary/aromatic N) is 4. The lowest BCUT2D eigenvalue weighted by atomic mass is 9.76. The second-order valence-corrected chi connectivity index (χ2v) is 14.3. The Hall–Kier alpha value is -4.38. The van der Waals surface area contributed by atoms with E-state index in [1.807, 2.05) is 29.2 Å². The lowest BCUT2D eigenvalue weighted by molar-refractivity contribution is 0.0779. The number of ether oxygens (including phenoxy) is 3. The Kier molecular flexibility index (Phi) is 10.4. The van der Waals surface area contributed by atoms with Crippen LogP contribution in [0.4, 0.5) is 5.95 Å². The van der Waals surface area contributed by atoms with E-state index in [4.69, 9.17) is 46.8 Å². The van der Waals surface area contributed by atoms with Crippen LogP contribution < -0.4 is 19.5 Å². The number of benzene rings is 3. The molecule has 2 aliphatic rings. The van der Waals surface area contributed by atoms with E-state index in [1.165, 1.54) is 0 Å². The van der Waals surface area contributed by atoms with Crippen LogP contribution in [0.3, 0.4) is 0 Å². The van der Waals surface area contributed by atoms with Gasteiger partial charge in [0, 0.05) is 48.8 Å². The Labute approximate surface area is 308 Å². The molecule has 2 aliphatic heterocycles. The van der Waals surface area contributed by atoms with Crippen molar-refractivity contribution in [2.45, 2.75) is 43.7 Å². The summed E-state index contributed by atoms with van der Waals surface area (Å²) in [6, 6.07) is 19.9. The van der Waals surface area contributed by atoms with E-state index in [0.717, 1.165) is 73.4 Å². The van der Waals surface area contributed by atoms with Gasteiger partial charge in [0.05, 0.1) is 61.5 Å². The molecule has 12 heteroatoms. The molecule has 10 nitrogen and oxygen atoms in total. The molecule has 51 heavy (non-hydrogen) atoms. The molecule has 3 aromatic carbocycles. The first-order chi connectivity index (χ1) is 24.8. The highest BCUT2D eigenvalue weighted by Gasteiger charge is 2.42. The zero-order chi connectivity index (χ0) is 35.5. The smallest absolute Gasteiger partial charge is 0.254 e. The standard InChI is InChI=1S/C39H43Cl2N5O5/c1-48-34-20-27(21-35(49-2)36(34)50-3)37(47)45-18-14-39(25-45,28-8-9-30(40)31(41)22-28)13-17-44-15-10-29(11-16-44)42-38-43-32-6-4-5-7-33(32)46(38)23-26-12-19-51-24-26/h4-9,12,19-22,24,29H,10-11,13-18,23,25H2,1-3H3,(H,42,43). The van der Waals surface area contributed by atoms with Crippen molar-refractivity contribution in [1.29, 1.82) is 0 Å². The predicted octanol–water partition coefficient (Wildman–Crippen LogP) is 7.76. The van der Waals surface area contributed by atoms with Gasteiger partial charge in [-0.25, -0.2) is 4.98 Å². The van der Waals surface area contributed by atoms with E-state index in [2.05, 4.69) is 39.0 Å². The SMILES string of the molecule is COc1cc(C(=O)N2CCC(CCN3CCC(Nc4nc5ccccc5n4Cc4ccoc4)CC3)(c3ccc(Cl)c(Cl)c3)C2)cc(OC)c1OC. The fraction of sp³-hybridized carbons (Fsp3) is 0.385. The third kappa shape index (κ3) is 7.22. The number of carbonyl (C=O) groups is 1. The van der Waals surface area contributed by atoms with E-state index in [9.17, 15) is 4.79 Å². The third-order valence-corrected chi connectivity index (χ3v) is 11.2. The molecule has 2 aromatic heterocycles. The van der Waals surface area contributed by atoms with Gasteiger partial charge in [0.25, 0.3) is 5.91 Å². The fourth-order valence-electron chi connectivity index (χ4n) is 7.61. The molecule has 4 heterocycles. The lowest BCUT2D eigenvalue weighted by Crippen LogP contribution is -2.42. The molecule has 0 spiro atoms. The second-order valence-electron chi connectivity index (χ2n) is 13.5. The molecule has 5 aromatic rings. The Morgan fingerprint density at radius 3 is 2.41 bits per heavy atom. The molecular formula is C39H43Cl2N5O5. The van der Waals surface area contributed by atoms with Gasteiger partial charge in [-0.1, -0.05) is 41.4 Å². The summed E-state index contributed by atoms with van der Waals surface area (Å²) in [5.74, 6) is 2.15. The normalized spacial score (nSPS) is 18.3. The number of hydrogen-bond acceptors (Lipinski definition) is 8. The van der Waals surface area contributed by atoms with Crippen LogP contribution in [0, 0.1) is 0 Å². The molecule has 0 saturated carbocycles. The molecule has 7 rings (SSSR count). The molecule has 0 radical (unpaired) electrons. The quantitative estimate of drug-likeness (QED) is 0.139. The average Bonchev–Trinajstić information content (AvgIpc) is 3.92. The number of rotatable bonds is 12. The van der Waals surface area contributed by atoms with E-state index in [0.29, 0.717) is 58.5 Å². The van der Waals surface area contributed by atoms with Crippen molar-refractivity contribution in [1.82, 2.24) is 19.4 Å². The number of furan rings is 1. The Bertz CT molecular complexity index is 1970. The number of imidazole rings is 1. The number of likely N-dealkylation sites (tertiary alicyclic amines) is 2. The van der Waals surface area contributed by atoms with E-state index < -0.39 is 0 Å². The first kappa shape index (κ1) is 35.0. The van der Waals surface area contributed by atoms with Gasteiger partial charge in [-0.15, -0.1) is 0 Å². The number of amides is 1. The molecule has 268 valence electrons. The number of aromatic nitrogens is 2. The summed E-state index contributed by atoms with van der Waals surface area (Å²) in [6.07, 6.45) is 7.18. The van der Waals surface area contributed by atoms with Crippen LogP contribution in [-0.4, -0.2) is 85.4 Å². The monoisotopic (exact) mass is 731 g/mol. The van der Waals surface area contributed by atoms with Crippen LogP contribution in [0.2, 0.25) is 10.0 Å². The minimum Gasteiger partial charge on any atom is -0.493 e. The molecule has 1 unspecified atom stereocenters. The number of carbonyl (C=O) groups excluding carboxylic acids is 1. The van der Waals surface area contributed by atoms with Gasteiger partial charge in [-0.2, -0.15) is 0 Å².